The number of rotatable bonds is 7. The molecule has 2 heterocycles. The fourth-order valence-electron chi connectivity index (χ4n) is 5.33. The standard InChI is InChI=1S/C35H41N5O3/c1-24-5-15-30(16-6-24)40-32(22-31(38-40)35(2,3)4)37-34(43)36-29-13-9-25(10-14-29)21-26-17-19-39(20-18-26)33(42)28-11-7-27(23-41)8-12-28/h5-16,22,26,41H,17-21,23H2,1-4H3,(H2,36,37,43). The Labute approximate surface area is 253 Å². The van der Waals surface area contributed by atoms with Crippen molar-refractivity contribution in [3.05, 3.63) is 107 Å². The minimum atomic E-state index is -0.329. The number of aliphatic hydroxyl groups is 1. The summed E-state index contributed by atoms with van der Waals surface area (Å²) in [6, 6.07) is 24.8. The van der Waals surface area contributed by atoms with Crippen molar-refractivity contribution in [2.75, 3.05) is 23.7 Å². The zero-order valence-electron chi connectivity index (χ0n) is 25.4. The third kappa shape index (κ3) is 7.51. The van der Waals surface area contributed by atoms with Gasteiger partial charge in [-0.05, 0) is 79.6 Å². The predicted molar refractivity (Wildman–Crippen MR) is 171 cm³/mol. The maximum Gasteiger partial charge on any atom is 0.324 e. The number of nitrogens with zero attached hydrogens (tertiary/aromatic N) is 3. The van der Waals surface area contributed by atoms with Crippen LogP contribution in [0.3, 0.4) is 0 Å². The molecule has 1 saturated heterocycles. The molecular weight excluding hydrogens is 538 g/mol. The van der Waals surface area contributed by atoms with Crippen molar-refractivity contribution in [2.24, 2.45) is 5.92 Å². The lowest BCUT2D eigenvalue weighted by atomic mass is 9.90. The molecule has 0 radical (unpaired) electrons. The van der Waals surface area contributed by atoms with Crippen molar-refractivity contribution >= 4 is 23.4 Å². The number of carbonyl (C=O) groups is 2. The maximum absolute atomic E-state index is 13.0. The molecule has 1 aromatic heterocycles. The SMILES string of the molecule is Cc1ccc(-n2nc(C(C)(C)C)cc2NC(=O)Nc2ccc(CC3CCN(C(=O)c4ccc(CO)cc4)CC3)cc2)cc1. The van der Waals surface area contributed by atoms with Gasteiger partial charge in [-0.25, -0.2) is 9.48 Å². The molecule has 8 heteroatoms. The lowest BCUT2D eigenvalue weighted by Gasteiger charge is -2.32. The minimum absolute atomic E-state index is 0.0243. The molecule has 43 heavy (non-hydrogen) atoms. The first-order chi connectivity index (χ1) is 20.6. The first kappa shape index (κ1) is 30.0. The van der Waals surface area contributed by atoms with E-state index in [4.69, 9.17) is 5.10 Å². The van der Waals surface area contributed by atoms with Crippen LogP contribution in [0.1, 0.15) is 66.4 Å². The van der Waals surface area contributed by atoms with Crippen LogP contribution in [0, 0.1) is 12.8 Å². The highest BCUT2D eigenvalue weighted by atomic mass is 16.3. The summed E-state index contributed by atoms with van der Waals surface area (Å²) in [5, 5.41) is 19.9. The van der Waals surface area contributed by atoms with Crippen molar-refractivity contribution in [1.29, 1.82) is 0 Å². The third-order valence-electron chi connectivity index (χ3n) is 8.02. The first-order valence-electron chi connectivity index (χ1n) is 14.9. The van der Waals surface area contributed by atoms with Gasteiger partial charge in [0.1, 0.15) is 5.82 Å². The molecule has 224 valence electrons. The van der Waals surface area contributed by atoms with E-state index in [-0.39, 0.29) is 24.0 Å². The molecule has 1 aliphatic rings. The molecule has 0 bridgehead atoms. The normalized spacial score (nSPS) is 14.0. The second kappa shape index (κ2) is 12.8. The molecule has 1 aliphatic heterocycles. The van der Waals surface area contributed by atoms with E-state index in [0.717, 1.165) is 54.9 Å². The highest BCUT2D eigenvalue weighted by Crippen LogP contribution is 2.27. The fraction of sp³-hybridized carbons (Fsp3) is 0.343. The van der Waals surface area contributed by atoms with E-state index in [1.807, 2.05) is 54.3 Å². The number of hydrogen-bond acceptors (Lipinski definition) is 4. The van der Waals surface area contributed by atoms with E-state index >= 15 is 0 Å². The summed E-state index contributed by atoms with van der Waals surface area (Å²) >= 11 is 0. The van der Waals surface area contributed by atoms with Crippen LogP contribution in [0.5, 0.6) is 0 Å². The lowest BCUT2D eigenvalue weighted by Crippen LogP contribution is -2.38. The van der Waals surface area contributed by atoms with E-state index < -0.39 is 0 Å². The quantitative estimate of drug-likeness (QED) is 0.227. The lowest BCUT2D eigenvalue weighted by molar-refractivity contribution is 0.0690. The van der Waals surface area contributed by atoms with Crippen LogP contribution in [0.2, 0.25) is 0 Å². The summed E-state index contributed by atoms with van der Waals surface area (Å²) in [6.45, 7) is 9.79. The molecule has 1 fully saturated rings. The van der Waals surface area contributed by atoms with Gasteiger partial charge in [0.05, 0.1) is 18.0 Å². The van der Waals surface area contributed by atoms with Gasteiger partial charge in [-0.15, -0.1) is 0 Å². The Morgan fingerprint density at radius 3 is 2.12 bits per heavy atom. The molecule has 3 N–H and O–H groups in total. The Morgan fingerprint density at radius 2 is 1.51 bits per heavy atom. The fourth-order valence-corrected chi connectivity index (χ4v) is 5.33. The van der Waals surface area contributed by atoms with Crippen LogP contribution < -0.4 is 10.6 Å². The van der Waals surface area contributed by atoms with Crippen molar-refractivity contribution in [2.45, 2.75) is 59.0 Å². The Bertz CT molecular complexity index is 1540. The van der Waals surface area contributed by atoms with Gasteiger partial charge in [-0.3, -0.25) is 10.1 Å². The molecule has 0 aliphatic carbocycles. The number of carbonyl (C=O) groups excluding carboxylic acids is 2. The van der Waals surface area contributed by atoms with Gasteiger partial charge in [-0.1, -0.05) is 62.7 Å². The van der Waals surface area contributed by atoms with Crippen molar-refractivity contribution in [1.82, 2.24) is 14.7 Å². The molecule has 3 amide bonds. The monoisotopic (exact) mass is 579 g/mol. The molecular formula is C35H41N5O3. The molecule has 0 spiro atoms. The molecule has 4 aromatic rings. The van der Waals surface area contributed by atoms with Crippen molar-refractivity contribution < 1.29 is 14.7 Å². The molecule has 5 rings (SSSR count). The number of aliphatic hydroxyl groups excluding tert-OH is 1. The van der Waals surface area contributed by atoms with Crippen LogP contribution in [-0.4, -0.2) is 44.8 Å². The van der Waals surface area contributed by atoms with E-state index in [9.17, 15) is 14.7 Å². The smallest absolute Gasteiger partial charge is 0.324 e. The number of aryl methyl sites for hydroxylation is 1. The third-order valence-corrected chi connectivity index (χ3v) is 8.02. The Hall–Kier alpha value is -4.43. The summed E-state index contributed by atoms with van der Waals surface area (Å²) in [5.74, 6) is 1.16. The van der Waals surface area contributed by atoms with Crippen LogP contribution in [-0.2, 0) is 18.4 Å². The number of piperidine rings is 1. The summed E-state index contributed by atoms with van der Waals surface area (Å²) in [6.07, 6.45) is 2.84. The van der Waals surface area contributed by atoms with E-state index in [2.05, 4.69) is 43.5 Å². The molecule has 8 nitrogen and oxygen atoms in total. The van der Waals surface area contributed by atoms with Gasteiger partial charge in [-0.2, -0.15) is 5.10 Å². The van der Waals surface area contributed by atoms with Crippen molar-refractivity contribution in [3.8, 4) is 5.69 Å². The van der Waals surface area contributed by atoms with Gasteiger partial charge >= 0.3 is 6.03 Å². The number of nitrogens with one attached hydrogen (secondary N) is 2. The van der Waals surface area contributed by atoms with E-state index in [0.29, 0.717) is 23.0 Å². The Balaban J connectivity index is 1.15. The number of likely N-dealkylation sites (tertiary alicyclic amines) is 1. The predicted octanol–water partition coefficient (Wildman–Crippen LogP) is 6.71. The topological polar surface area (TPSA) is 99.5 Å². The van der Waals surface area contributed by atoms with Gasteiger partial charge in [0.25, 0.3) is 5.91 Å². The summed E-state index contributed by atoms with van der Waals surface area (Å²) in [7, 11) is 0. The largest absolute Gasteiger partial charge is 0.392 e. The zero-order valence-corrected chi connectivity index (χ0v) is 25.4. The number of anilines is 2. The highest BCUT2D eigenvalue weighted by molar-refractivity contribution is 5.99. The first-order valence-corrected chi connectivity index (χ1v) is 14.9. The van der Waals surface area contributed by atoms with Gasteiger partial charge in [0.15, 0.2) is 0 Å². The number of aromatic nitrogens is 2. The molecule has 0 saturated carbocycles. The van der Waals surface area contributed by atoms with Crippen LogP contribution in [0.15, 0.2) is 78.9 Å². The van der Waals surface area contributed by atoms with E-state index in [1.165, 1.54) is 5.56 Å². The Kier molecular flexibility index (Phi) is 8.97. The number of benzene rings is 3. The van der Waals surface area contributed by atoms with Crippen LogP contribution >= 0.6 is 0 Å². The average Bonchev–Trinajstić information content (AvgIpc) is 3.43. The minimum Gasteiger partial charge on any atom is -0.392 e. The molecule has 3 aromatic carbocycles. The van der Waals surface area contributed by atoms with Gasteiger partial charge in [0.2, 0.25) is 0 Å². The maximum atomic E-state index is 13.0. The van der Waals surface area contributed by atoms with Crippen molar-refractivity contribution in [3.63, 3.8) is 0 Å². The van der Waals surface area contributed by atoms with Gasteiger partial charge in [0, 0.05) is 35.8 Å². The number of amides is 3. The summed E-state index contributed by atoms with van der Waals surface area (Å²) < 4.78 is 1.77. The number of urea groups is 1. The zero-order chi connectivity index (χ0) is 30.6. The summed E-state index contributed by atoms with van der Waals surface area (Å²) in [5.41, 5.74) is 6.15. The van der Waals surface area contributed by atoms with Gasteiger partial charge < -0.3 is 15.3 Å². The summed E-state index contributed by atoms with van der Waals surface area (Å²) in [4.78, 5) is 27.8. The average molecular weight is 580 g/mol. The second-order valence-electron chi connectivity index (χ2n) is 12.5. The Morgan fingerprint density at radius 1 is 0.884 bits per heavy atom. The second-order valence-corrected chi connectivity index (χ2v) is 12.5. The highest BCUT2D eigenvalue weighted by Gasteiger charge is 2.24. The molecule has 0 atom stereocenters. The van der Waals surface area contributed by atoms with Crippen LogP contribution in [0.25, 0.3) is 5.69 Å². The molecule has 0 unspecified atom stereocenters. The number of hydrogen-bond donors (Lipinski definition) is 3. The van der Waals surface area contributed by atoms with E-state index in [1.54, 1.807) is 28.9 Å². The van der Waals surface area contributed by atoms with Crippen LogP contribution in [0.4, 0.5) is 16.3 Å².